The van der Waals surface area contributed by atoms with Crippen molar-refractivity contribution in [3.63, 3.8) is 0 Å². The molecule has 102 valence electrons. The quantitative estimate of drug-likeness (QED) is 0.771. The second-order valence-corrected chi connectivity index (χ2v) is 6.05. The van der Waals surface area contributed by atoms with Gasteiger partial charge < -0.3 is 5.32 Å². The summed E-state index contributed by atoms with van der Waals surface area (Å²) >= 11 is 1.80. The Morgan fingerprint density at radius 1 is 1.20 bits per heavy atom. The number of aromatic nitrogens is 1. The number of nitrogens with one attached hydrogen (secondary N) is 1. The van der Waals surface area contributed by atoms with E-state index in [0.717, 1.165) is 12.1 Å². The minimum atomic E-state index is 0.259. The Hall–Kier alpha value is -1.71. The van der Waals surface area contributed by atoms with Gasteiger partial charge in [0.15, 0.2) is 0 Å². The van der Waals surface area contributed by atoms with E-state index in [0.29, 0.717) is 0 Å². The number of benzene rings is 1. The molecule has 2 nitrogen and oxygen atoms in total. The second-order valence-electron chi connectivity index (χ2n) is 4.94. The topological polar surface area (TPSA) is 24.9 Å². The van der Waals surface area contributed by atoms with Crippen LogP contribution in [0.5, 0.6) is 0 Å². The molecule has 0 bridgehead atoms. The summed E-state index contributed by atoms with van der Waals surface area (Å²) in [6, 6.07) is 13.2. The molecule has 0 aliphatic carbocycles. The molecule has 1 unspecified atom stereocenters. The van der Waals surface area contributed by atoms with Gasteiger partial charge in [0, 0.05) is 16.5 Å². The number of rotatable bonds is 4. The Bertz CT molecular complexity index is 718. The van der Waals surface area contributed by atoms with Crippen molar-refractivity contribution in [1.29, 1.82) is 0 Å². The third-order valence-electron chi connectivity index (χ3n) is 3.45. The highest BCUT2D eigenvalue weighted by molar-refractivity contribution is 7.10. The van der Waals surface area contributed by atoms with Crippen molar-refractivity contribution in [1.82, 2.24) is 10.3 Å². The monoisotopic (exact) mass is 282 g/mol. The van der Waals surface area contributed by atoms with Crippen molar-refractivity contribution in [2.45, 2.75) is 19.9 Å². The molecule has 0 amide bonds. The second kappa shape index (κ2) is 5.73. The largest absolute Gasteiger partial charge is 0.307 e. The van der Waals surface area contributed by atoms with Gasteiger partial charge in [0.25, 0.3) is 0 Å². The fourth-order valence-electron chi connectivity index (χ4n) is 2.52. The molecule has 0 fully saturated rings. The molecule has 3 aromatic rings. The Morgan fingerprint density at radius 2 is 2.10 bits per heavy atom. The average molecular weight is 282 g/mol. The van der Waals surface area contributed by atoms with Gasteiger partial charge in [0.2, 0.25) is 0 Å². The van der Waals surface area contributed by atoms with Crippen molar-refractivity contribution >= 4 is 22.2 Å². The summed E-state index contributed by atoms with van der Waals surface area (Å²) in [5.41, 5.74) is 3.69. The Kier molecular flexibility index (Phi) is 3.81. The number of fused-ring (bicyclic) bond motifs is 1. The van der Waals surface area contributed by atoms with Crippen LogP contribution in [0.15, 0.2) is 48.0 Å². The zero-order valence-electron chi connectivity index (χ0n) is 11.8. The van der Waals surface area contributed by atoms with E-state index >= 15 is 0 Å². The number of pyridine rings is 1. The molecule has 3 rings (SSSR count). The lowest BCUT2D eigenvalue weighted by Gasteiger charge is -2.18. The van der Waals surface area contributed by atoms with E-state index in [1.54, 1.807) is 11.3 Å². The van der Waals surface area contributed by atoms with E-state index in [9.17, 15) is 0 Å². The van der Waals surface area contributed by atoms with E-state index in [1.807, 2.05) is 12.3 Å². The van der Waals surface area contributed by atoms with Crippen molar-refractivity contribution in [2.24, 2.45) is 0 Å². The van der Waals surface area contributed by atoms with E-state index < -0.39 is 0 Å². The van der Waals surface area contributed by atoms with Crippen LogP contribution in [0.3, 0.4) is 0 Å². The first-order valence-electron chi connectivity index (χ1n) is 6.91. The maximum atomic E-state index is 4.39. The number of nitrogens with zero attached hydrogens (tertiary/aromatic N) is 1. The van der Waals surface area contributed by atoms with Gasteiger partial charge in [-0.1, -0.05) is 19.1 Å². The SMILES string of the molecule is CCNC(c1csc(C)c1)c1ccc2ncccc2c1. The van der Waals surface area contributed by atoms with Gasteiger partial charge in [-0.3, -0.25) is 4.98 Å². The third kappa shape index (κ3) is 2.60. The highest BCUT2D eigenvalue weighted by Gasteiger charge is 2.14. The van der Waals surface area contributed by atoms with Crippen LogP contribution >= 0.6 is 11.3 Å². The van der Waals surface area contributed by atoms with Crippen LogP contribution in [0.1, 0.15) is 29.0 Å². The van der Waals surface area contributed by atoms with Crippen molar-refractivity contribution in [2.75, 3.05) is 6.54 Å². The zero-order chi connectivity index (χ0) is 13.9. The number of hydrogen-bond donors (Lipinski definition) is 1. The van der Waals surface area contributed by atoms with E-state index in [2.05, 4.69) is 59.9 Å². The number of thiophene rings is 1. The molecule has 2 heterocycles. The first-order chi connectivity index (χ1) is 9.78. The Morgan fingerprint density at radius 3 is 2.85 bits per heavy atom. The lowest BCUT2D eigenvalue weighted by molar-refractivity contribution is 0.633. The molecule has 1 N–H and O–H groups in total. The molecular weight excluding hydrogens is 264 g/mol. The molecule has 2 aromatic heterocycles. The van der Waals surface area contributed by atoms with Crippen LogP contribution in [0.4, 0.5) is 0 Å². The molecule has 0 aliphatic heterocycles. The average Bonchev–Trinajstić information content (AvgIpc) is 2.90. The fourth-order valence-corrected chi connectivity index (χ4v) is 3.25. The summed E-state index contributed by atoms with van der Waals surface area (Å²) < 4.78 is 0. The molecule has 0 aliphatic rings. The number of hydrogen-bond acceptors (Lipinski definition) is 3. The van der Waals surface area contributed by atoms with E-state index in [4.69, 9.17) is 0 Å². The van der Waals surface area contributed by atoms with Crippen LogP contribution < -0.4 is 5.32 Å². The zero-order valence-corrected chi connectivity index (χ0v) is 12.6. The number of aryl methyl sites for hydroxylation is 1. The molecule has 1 atom stereocenters. The van der Waals surface area contributed by atoms with Crippen LogP contribution in [-0.2, 0) is 0 Å². The predicted molar refractivity (Wildman–Crippen MR) is 86.3 cm³/mol. The predicted octanol–water partition coefficient (Wildman–Crippen LogP) is 4.30. The Balaban J connectivity index is 2.04. The lowest BCUT2D eigenvalue weighted by atomic mass is 9.99. The summed E-state index contributed by atoms with van der Waals surface area (Å²) in [6.45, 7) is 5.25. The highest BCUT2D eigenvalue weighted by Crippen LogP contribution is 2.28. The molecular formula is C17H18N2S. The molecule has 0 radical (unpaired) electrons. The van der Waals surface area contributed by atoms with Gasteiger partial charge in [0.05, 0.1) is 11.6 Å². The van der Waals surface area contributed by atoms with E-state index in [1.165, 1.54) is 21.4 Å². The molecule has 1 aromatic carbocycles. The standard InChI is InChI=1S/C17H18N2S/c1-3-18-17(15-9-12(2)20-11-15)14-6-7-16-13(10-14)5-4-8-19-16/h4-11,17-18H,3H2,1-2H3. The van der Waals surface area contributed by atoms with Gasteiger partial charge >= 0.3 is 0 Å². The van der Waals surface area contributed by atoms with Crippen LogP contribution in [-0.4, -0.2) is 11.5 Å². The van der Waals surface area contributed by atoms with Crippen LogP contribution in [0, 0.1) is 6.92 Å². The van der Waals surface area contributed by atoms with Gasteiger partial charge in [-0.25, -0.2) is 0 Å². The van der Waals surface area contributed by atoms with Crippen molar-refractivity contribution in [3.05, 3.63) is 64.0 Å². The van der Waals surface area contributed by atoms with Gasteiger partial charge in [-0.15, -0.1) is 11.3 Å². The maximum Gasteiger partial charge on any atom is 0.0702 e. The van der Waals surface area contributed by atoms with Gasteiger partial charge in [0.1, 0.15) is 0 Å². The maximum absolute atomic E-state index is 4.39. The lowest BCUT2D eigenvalue weighted by Crippen LogP contribution is -2.21. The first-order valence-corrected chi connectivity index (χ1v) is 7.79. The minimum absolute atomic E-state index is 0.259. The third-order valence-corrected chi connectivity index (χ3v) is 4.33. The summed E-state index contributed by atoms with van der Waals surface area (Å²) in [4.78, 5) is 5.74. The highest BCUT2D eigenvalue weighted by atomic mass is 32.1. The summed E-state index contributed by atoms with van der Waals surface area (Å²) in [5.74, 6) is 0. The van der Waals surface area contributed by atoms with Crippen molar-refractivity contribution < 1.29 is 0 Å². The van der Waals surface area contributed by atoms with Crippen LogP contribution in [0.25, 0.3) is 10.9 Å². The van der Waals surface area contributed by atoms with Gasteiger partial charge in [-0.2, -0.15) is 0 Å². The molecule has 0 spiro atoms. The summed E-state index contributed by atoms with van der Waals surface area (Å²) in [5, 5.41) is 7.02. The van der Waals surface area contributed by atoms with E-state index in [-0.39, 0.29) is 6.04 Å². The minimum Gasteiger partial charge on any atom is -0.307 e. The molecule has 0 saturated heterocycles. The molecule has 3 heteroatoms. The Labute approximate surface area is 123 Å². The smallest absolute Gasteiger partial charge is 0.0702 e. The summed E-state index contributed by atoms with van der Waals surface area (Å²) in [7, 11) is 0. The van der Waals surface area contributed by atoms with Crippen molar-refractivity contribution in [3.8, 4) is 0 Å². The fraction of sp³-hybridized carbons (Fsp3) is 0.235. The van der Waals surface area contributed by atoms with Gasteiger partial charge in [-0.05, 0) is 54.2 Å². The van der Waals surface area contributed by atoms with Crippen LogP contribution in [0.2, 0.25) is 0 Å². The first kappa shape index (κ1) is 13.3. The summed E-state index contributed by atoms with van der Waals surface area (Å²) in [6.07, 6.45) is 1.84. The normalized spacial score (nSPS) is 12.7. The molecule has 0 saturated carbocycles. The molecule has 20 heavy (non-hydrogen) atoms.